The van der Waals surface area contributed by atoms with Crippen molar-refractivity contribution in [2.24, 2.45) is 5.92 Å². The lowest BCUT2D eigenvalue weighted by molar-refractivity contribution is -0.107. The molecule has 0 aromatic carbocycles. The van der Waals surface area contributed by atoms with Gasteiger partial charge in [0.1, 0.15) is 0 Å². The SMILES string of the molecule is CCCC1CC1(O)CC1(OC)CCC1. The summed E-state index contributed by atoms with van der Waals surface area (Å²) in [5.41, 5.74) is -0.330. The number of methoxy groups -OCH3 is 1. The van der Waals surface area contributed by atoms with Crippen molar-refractivity contribution >= 4 is 0 Å². The highest BCUT2D eigenvalue weighted by atomic mass is 16.5. The highest BCUT2D eigenvalue weighted by Gasteiger charge is 2.57. The van der Waals surface area contributed by atoms with E-state index in [2.05, 4.69) is 6.92 Å². The maximum atomic E-state index is 10.3. The van der Waals surface area contributed by atoms with Crippen LogP contribution < -0.4 is 0 Å². The van der Waals surface area contributed by atoms with E-state index in [-0.39, 0.29) is 11.2 Å². The molecule has 2 fully saturated rings. The maximum absolute atomic E-state index is 10.3. The van der Waals surface area contributed by atoms with Gasteiger partial charge in [-0.2, -0.15) is 0 Å². The normalized spacial score (nSPS) is 39.2. The van der Waals surface area contributed by atoms with Gasteiger partial charge in [-0.05, 0) is 38.0 Å². The summed E-state index contributed by atoms with van der Waals surface area (Å²) in [7, 11) is 1.79. The summed E-state index contributed by atoms with van der Waals surface area (Å²) in [6.45, 7) is 2.19. The Bertz CT molecular complexity index is 205. The first kappa shape index (κ1) is 10.4. The number of ether oxygens (including phenoxy) is 1. The van der Waals surface area contributed by atoms with Crippen LogP contribution in [0.5, 0.6) is 0 Å². The van der Waals surface area contributed by atoms with E-state index in [4.69, 9.17) is 4.74 Å². The number of hydrogen-bond acceptors (Lipinski definition) is 2. The molecule has 0 aromatic rings. The Morgan fingerprint density at radius 2 is 2.14 bits per heavy atom. The summed E-state index contributed by atoms with van der Waals surface area (Å²) < 4.78 is 5.56. The minimum atomic E-state index is -0.369. The van der Waals surface area contributed by atoms with E-state index in [0.717, 1.165) is 25.7 Å². The fourth-order valence-corrected chi connectivity index (χ4v) is 2.89. The average molecular weight is 198 g/mol. The molecule has 0 amide bonds. The van der Waals surface area contributed by atoms with Crippen LogP contribution in [0.25, 0.3) is 0 Å². The Morgan fingerprint density at radius 1 is 1.43 bits per heavy atom. The molecule has 0 aromatic heterocycles. The van der Waals surface area contributed by atoms with Crippen molar-refractivity contribution < 1.29 is 9.84 Å². The summed E-state index contributed by atoms with van der Waals surface area (Å²) in [5, 5.41) is 10.3. The summed E-state index contributed by atoms with van der Waals surface area (Å²) >= 11 is 0. The molecular weight excluding hydrogens is 176 g/mol. The van der Waals surface area contributed by atoms with Crippen LogP contribution in [0, 0.1) is 5.92 Å². The third-order valence-corrected chi connectivity index (χ3v) is 4.16. The van der Waals surface area contributed by atoms with E-state index in [1.54, 1.807) is 7.11 Å². The second kappa shape index (κ2) is 3.49. The summed E-state index contributed by atoms with van der Waals surface area (Å²) in [6, 6.07) is 0. The fraction of sp³-hybridized carbons (Fsp3) is 1.00. The Hall–Kier alpha value is -0.0800. The van der Waals surface area contributed by atoms with Gasteiger partial charge in [-0.15, -0.1) is 0 Å². The zero-order valence-electron chi connectivity index (χ0n) is 9.38. The monoisotopic (exact) mass is 198 g/mol. The molecule has 0 spiro atoms. The van der Waals surface area contributed by atoms with Gasteiger partial charge < -0.3 is 9.84 Å². The van der Waals surface area contributed by atoms with Crippen LogP contribution in [0.2, 0.25) is 0 Å². The van der Waals surface area contributed by atoms with Gasteiger partial charge in [0, 0.05) is 13.5 Å². The van der Waals surface area contributed by atoms with E-state index < -0.39 is 0 Å². The van der Waals surface area contributed by atoms with Crippen molar-refractivity contribution in [3.8, 4) is 0 Å². The zero-order chi connectivity index (χ0) is 10.2. The highest BCUT2D eigenvalue weighted by molar-refractivity contribution is 5.09. The second-order valence-corrected chi connectivity index (χ2v) is 5.21. The largest absolute Gasteiger partial charge is 0.389 e. The fourth-order valence-electron chi connectivity index (χ4n) is 2.89. The Balaban J connectivity index is 1.86. The van der Waals surface area contributed by atoms with Crippen molar-refractivity contribution in [1.29, 1.82) is 0 Å². The predicted molar refractivity (Wildman–Crippen MR) is 56.2 cm³/mol. The molecule has 1 N–H and O–H groups in total. The van der Waals surface area contributed by atoms with Crippen LogP contribution in [0.3, 0.4) is 0 Å². The van der Waals surface area contributed by atoms with E-state index in [1.165, 1.54) is 19.3 Å². The highest BCUT2D eigenvalue weighted by Crippen LogP contribution is 2.55. The lowest BCUT2D eigenvalue weighted by atomic mass is 9.75. The molecule has 2 atom stereocenters. The van der Waals surface area contributed by atoms with Gasteiger partial charge in [0.05, 0.1) is 11.2 Å². The standard InChI is InChI=1S/C12H22O2/c1-3-5-10-8-12(10,13)9-11(14-2)6-4-7-11/h10,13H,3-9H2,1-2H3. The van der Waals surface area contributed by atoms with E-state index in [1.807, 2.05) is 0 Å². The maximum Gasteiger partial charge on any atom is 0.0708 e. The van der Waals surface area contributed by atoms with E-state index >= 15 is 0 Å². The third-order valence-electron chi connectivity index (χ3n) is 4.16. The molecule has 0 saturated heterocycles. The molecule has 2 heteroatoms. The molecule has 2 rings (SSSR count). The first-order valence-electron chi connectivity index (χ1n) is 5.92. The molecule has 2 aliphatic rings. The third kappa shape index (κ3) is 1.70. The van der Waals surface area contributed by atoms with Gasteiger partial charge in [0.2, 0.25) is 0 Å². The molecule has 82 valence electrons. The van der Waals surface area contributed by atoms with Crippen LogP contribution in [0.15, 0.2) is 0 Å². The van der Waals surface area contributed by atoms with Crippen molar-refractivity contribution in [1.82, 2.24) is 0 Å². The zero-order valence-corrected chi connectivity index (χ0v) is 9.38. The van der Waals surface area contributed by atoms with Gasteiger partial charge >= 0.3 is 0 Å². The van der Waals surface area contributed by atoms with Crippen molar-refractivity contribution in [3.63, 3.8) is 0 Å². The minimum absolute atomic E-state index is 0.0389. The Morgan fingerprint density at radius 3 is 2.57 bits per heavy atom. The molecule has 0 aliphatic heterocycles. The number of hydrogen-bond donors (Lipinski definition) is 1. The smallest absolute Gasteiger partial charge is 0.0708 e. The summed E-state index contributed by atoms with van der Waals surface area (Å²) in [4.78, 5) is 0. The molecule has 14 heavy (non-hydrogen) atoms. The quantitative estimate of drug-likeness (QED) is 0.735. The topological polar surface area (TPSA) is 29.5 Å². The lowest BCUT2D eigenvalue weighted by Gasteiger charge is -2.42. The first-order valence-corrected chi connectivity index (χ1v) is 5.92. The van der Waals surface area contributed by atoms with Gasteiger partial charge in [-0.3, -0.25) is 0 Å². The molecule has 2 nitrogen and oxygen atoms in total. The average Bonchev–Trinajstić information content (AvgIpc) is 2.71. The van der Waals surface area contributed by atoms with Gasteiger partial charge in [-0.25, -0.2) is 0 Å². The predicted octanol–water partition coefficient (Wildman–Crippen LogP) is 2.50. The Labute approximate surface area is 86.6 Å². The van der Waals surface area contributed by atoms with Crippen LogP contribution in [0.4, 0.5) is 0 Å². The van der Waals surface area contributed by atoms with E-state index in [9.17, 15) is 5.11 Å². The van der Waals surface area contributed by atoms with Crippen LogP contribution in [-0.2, 0) is 4.74 Å². The molecule has 2 aliphatic carbocycles. The van der Waals surface area contributed by atoms with Crippen molar-refractivity contribution in [2.45, 2.75) is 63.1 Å². The molecule has 0 heterocycles. The lowest BCUT2D eigenvalue weighted by Crippen LogP contribution is -2.43. The van der Waals surface area contributed by atoms with Gasteiger partial charge in [0.15, 0.2) is 0 Å². The first-order chi connectivity index (χ1) is 6.64. The number of rotatable bonds is 5. The molecule has 2 unspecified atom stereocenters. The van der Waals surface area contributed by atoms with Crippen LogP contribution >= 0.6 is 0 Å². The molecular formula is C12H22O2. The van der Waals surface area contributed by atoms with Gasteiger partial charge in [-0.1, -0.05) is 13.3 Å². The number of aliphatic hydroxyl groups is 1. The van der Waals surface area contributed by atoms with Crippen molar-refractivity contribution in [3.05, 3.63) is 0 Å². The molecule has 0 radical (unpaired) electrons. The minimum Gasteiger partial charge on any atom is -0.389 e. The Kier molecular flexibility index (Phi) is 2.61. The summed E-state index contributed by atoms with van der Waals surface area (Å²) in [6.07, 6.45) is 7.80. The van der Waals surface area contributed by atoms with Crippen LogP contribution in [-0.4, -0.2) is 23.4 Å². The summed E-state index contributed by atoms with van der Waals surface area (Å²) in [5.74, 6) is 0.556. The molecule has 2 saturated carbocycles. The van der Waals surface area contributed by atoms with Crippen LogP contribution in [0.1, 0.15) is 51.9 Å². The molecule has 0 bridgehead atoms. The van der Waals surface area contributed by atoms with E-state index in [0.29, 0.717) is 5.92 Å². The van der Waals surface area contributed by atoms with Gasteiger partial charge in [0.25, 0.3) is 0 Å². The second-order valence-electron chi connectivity index (χ2n) is 5.21. The van der Waals surface area contributed by atoms with Crippen molar-refractivity contribution in [2.75, 3.05) is 7.11 Å².